The van der Waals surface area contributed by atoms with Gasteiger partial charge in [-0.2, -0.15) is 10.1 Å². The topological polar surface area (TPSA) is 76.3 Å². The van der Waals surface area contributed by atoms with E-state index in [0.717, 1.165) is 30.6 Å². The molecule has 7 heteroatoms. The van der Waals surface area contributed by atoms with E-state index in [2.05, 4.69) is 33.9 Å². The van der Waals surface area contributed by atoms with Crippen LogP contribution in [0.2, 0.25) is 0 Å². The van der Waals surface area contributed by atoms with Gasteiger partial charge in [0.05, 0.1) is 11.7 Å². The molecule has 1 atom stereocenters. The van der Waals surface area contributed by atoms with E-state index in [1.165, 1.54) is 6.33 Å². The highest BCUT2D eigenvalue weighted by atomic mass is 16.2. The summed E-state index contributed by atoms with van der Waals surface area (Å²) in [7, 11) is 0. The lowest BCUT2D eigenvalue weighted by Gasteiger charge is -2.24. The van der Waals surface area contributed by atoms with Gasteiger partial charge in [0, 0.05) is 18.9 Å². The molecule has 1 amide bonds. The normalized spacial score (nSPS) is 17.6. The Morgan fingerprint density at radius 3 is 3.00 bits per heavy atom. The lowest BCUT2D eigenvalue weighted by molar-refractivity contribution is 0.0729. The van der Waals surface area contributed by atoms with E-state index in [-0.39, 0.29) is 17.9 Å². The van der Waals surface area contributed by atoms with Crippen molar-refractivity contribution in [3.05, 3.63) is 53.9 Å². The molecule has 0 bridgehead atoms. The van der Waals surface area contributed by atoms with E-state index in [9.17, 15) is 4.79 Å². The third-order valence-corrected chi connectivity index (χ3v) is 4.67. The summed E-state index contributed by atoms with van der Waals surface area (Å²) >= 11 is 0. The number of nitrogens with zero attached hydrogens (tertiary/aromatic N) is 6. The molecule has 1 aliphatic heterocycles. The minimum atomic E-state index is -0.0567. The molecule has 0 spiro atoms. The van der Waals surface area contributed by atoms with Crippen molar-refractivity contribution in [1.29, 1.82) is 0 Å². The van der Waals surface area contributed by atoms with Gasteiger partial charge in [-0.25, -0.2) is 9.50 Å². The molecule has 128 valence electrons. The zero-order valence-electron chi connectivity index (χ0n) is 14.3. The van der Waals surface area contributed by atoms with Gasteiger partial charge in [-0.1, -0.05) is 19.9 Å². The van der Waals surface area contributed by atoms with Gasteiger partial charge in [0.15, 0.2) is 0 Å². The molecule has 7 nitrogen and oxygen atoms in total. The smallest absolute Gasteiger partial charge is 0.273 e. The zero-order valence-corrected chi connectivity index (χ0v) is 14.3. The molecule has 3 aromatic heterocycles. The molecule has 4 heterocycles. The van der Waals surface area contributed by atoms with Crippen molar-refractivity contribution in [2.45, 2.75) is 38.6 Å². The van der Waals surface area contributed by atoms with Crippen molar-refractivity contribution in [3.8, 4) is 0 Å². The molecule has 0 saturated carbocycles. The Bertz CT molecular complexity index is 904. The molecule has 0 aliphatic carbocycles. The fourth-order valence-corrected chi connectivity index (χ4v) is 3.43. The minimum Gasteiger partial charge on any atom is -0.330 e. The van der Waals surface area contributed by atoms with Crippen LogP contribution in [0.1, 0.15) is 60.4 Å². The SMILES string of the molecule is CC(C)c1cc(C(=O)N2CCC[C@H]2c2cccnc2)nc2ncnn12. The number of amides is 1. The van der Waals surface area contributed by atoms with Crippen molar-refractivity contribution in [3.63, 3.8) is 0 Å². The third-order valence-electron chi connectivity index (χ3n) is 4.67. The van der Waals surface area contributed by atoms with Crippen LogP contribution in [0.3, 0.4) is 0 Å². The predicted octanol–water partition coefficient (Wildman–Crippen LogP) is 2.62. The van der Waals surface area contributed by atoms with E-state index in [0.29, 0.717) is 11.5 Å². The van der Waals surface area contributed by atoms with Crippen LogP contribution >= 0.6 is 0 Å². The summed E-state index contributed by atoms with van der Waals surface area (Å²) in [5.74, 6) is 0.622. The molecule has 0 unspecified atom stereocenters. The average molecular weight is 336 g/mol. The van der Waals surface area contributed by atoms with E-state index in [1.54, 1.807) is 10.7 Å². The first-order valence-corrected chi connectivity index (χ1v) is 8.56. The largest absolute Gasteiger partial charge is 0.330 e. The summed E-state index contributed by atoms with van der Waals surface area (Å²) in [4.78, 5) is 27.8. The Kier molecular flexibility index (Phi) is 3.91. The molecular formula is C18H20N6O. The highest BCUT2D eigenvalue weighted by molar-refractivity contribution is 5.93. The third kappa shape index (κ3) is 2.75. The summed E-state index contributed by atoms with van der Waals surface area (Å²) in [6, 6.07) is 5.83. The van der Waals surface area contributed by atoms with Crippen molar-refractivity contribution in [1.82, 2.24) is 29.5 Å². The molecule has 4 rings (SSSR count). The average Bonchev–Trinajstić information content (AvgIpc) is 3.30. The van der Waals surface area contributed by atoms with Crippen LogP contribution in [0, 0.1) is 0 Å². The molecule has 1 fully saturated rings. The Balaban J connectivity index is 1.72. The van der Waals surface area contributed by atoms with Gasteiger partial charge in [-0.05, 0) is 36.5 Å². The van der Waals surface area contributed by atoms with Crippen LogP contribution in [0.15, 0.2) is 36.9 Å². The standard InChI is InChI=1S/C18H20N6O/c1-12(2)16-9-14(22-18-20-11-21-24(16)18)17(25)23-8-4-6-15(23)13-5-3-7-19-10-13/h3,5,7,9-12,15H,4,6,8H2,1-2H3/t15-/m0/s1. The number of rotatable bonds is 3. The number of fused-ring (bicyclic) bond motifs is 1. The molecule has 25 heavy (non-hydrogen) atoms. The fourth-order valence-electron chi connectivity index (χ4n) is 3.43. The number of hydrogen-bond donors (Lipinski definition) is 0. The molecule has 3 aromatic rings. The van der Waals surface area contributed by atoms with Gasteiger partial charge >= 0.3 is 0 Å². The van der Waals surface area contributed by atoms with Crippen molar-refractivity contribution in [2.24, 2.45) is 0 Å². The second-order valence-electron chi connectivity index (χ2n) is 6.64. The first-order valence-electron chi connectivity index (χ1n) is 8.56. The quantitative estimate of drug-likeness (QED) is 0.735. The van der Waals surface area contributed by atoms with E-state index >= 15 is 0 Å². The van der Waals surface area contributed by atoms with Gasteiger partial charge in [-0.3, -0.25) is 9.78 Å². The first-order chi connectivity index (χ1) is 12.1. The number of pyridine rings is 1. The number of aromatic nitrogens is 5. The van der Waals surface area contributed by atoms with Crippen LogP contribution in [0.5, 0.6) is 0 Å². The molecule has 1 aliphatic rings. The zero-order chi connectivity index (χ0) is 17.4. The highest BCUT2D eigenvalue weighted by Crippen LogP contribution is 2.32. The molecule has 0 radical (unpaired) electrons. The van der Waals surface area contributed by atoms with Crippen LogP contribution in [0.4, 0.5) is 0 Å². The molecular weight excluding hydrogens is 316 g/mol. The van der Waals surface area contributed by atoms with Gasteiger partial charge in [-0.15, -0.1) is 0 Å². The second-order valence-corrected chi connectivity index (χ2v) is 6.64. The summed E-state index contributed by atoms with van der Waals surface area (Å²) in [6.45, 7) is 4.87. The van der Waals surface area contributed by atoms with Gasteiger partial charge in [0.1, 0.15) is 12.0 Å². The predicted molar refractivity (Wildman–Crippen MR) is 92.1 cm³/mol. The van der Waals surface area contributed by atoms with Gasteiger partial charge in [0.2, 0.25) is 0 Å². The Morgan fingerprint density at radius 2 is 2.24 bits per heavy atom. The second kappa shape index (κ2) is 6.23. The lowest BCUT2D eigenvalue weighted by atomic mass is 10.1. The summed E-state index contributed by atoms with van der Waals surface area (Å²) < 4.78 is 1.70. The number of carbonyl (C=O) groups is 1. The van der Waals surface area contributed by atoms with E-state index in [4.69, 9.17) is 0 Å². The molecule has 0 aromatic carbocycles. The van der Waals surface area contributed by atoms with Gasteiger partial charge in [0.25, 0.3) is 11.7 Å². The maximum atomic E-state index is 13.2. The molecule has 0 N–H and O–H groups in total. The Hall–Kier alpha value is -2.83. The Labute approximate surface area is 145 Å². The first kappa shape index (κ1) is 15.7. The summed E-state index contributed by atoms with van der Waals surface area (Å²) in [5, 5.41) is 4.21. The van der Waals surface area contributed by atoms with Crippen molar-refractivity contribution in [2.75, 3.05) is 6.54 Å². The maximum Gasteiger partial charge on any atom is 0.273 e. The summed E-state index contributed by atoms with van der Waals surface area (Å²) in [6.07, 6.45) is 6.99. The number of hydrogen-bond acceptors (Lipinski definition) is 5. The van der Waals surface area contributed by atoms with Crippen molar-refractivity contribution >= 4 is 11.7 Å². The van der Waals surface area contributed by atoms with Crippen LogP contribution in [0.25, 0.3) is 5.78 Å². The van der Waals surface area contributed by atoms with E-state index in [1.807, 2.05) is 29.3 Å². The lowest BCUT2D eigenvalue weighted by Crippen LogP contribution is -2.31. The van der Waals surface area contributed by atoms with Crippen LogP contribution < -0.4 is 0 Å². The molecule has 1 saturated heterocycles. The Morgan fingerprint density at radius 1 is 1.36 bits per heavy atom. The number of carbonyl (C=O) groups excluding carboxylic acids is 1. The van der Waals surface area contributed by atoms with Crippen molar-refractivity contribution < 1.29 is 4.79 Å². The van der Waals surface area contributed by atoms with Crippen LogP contribution in [-0.2, 0) is 0 Å². The fraction of sp³-hybridized carbons (Fsp3) is 0.389. The van der Waals surface area contributed by atoms with E-state index < -0.39 is 0 Å². The van der Waals surface area contributed by atoms with Crippen LogP contribution in [-0.4, -0.2) is 41.9 Å². The maximum absolute atomic E-state index is 13.2. The van der Waals surface area contributed by atoms with Gasteiger partial charge < -0.3 is 4.90 Å². The number of likely N-dealkylation sites (tertiary alicyclic amines) is 1. The highest BCUT2D eigenvalue weighted by Gasteiger charge is 2.32. The minimum absolute atomic E-state index is 0.0552. The monoisotopic (exact) mass is 336 g/mol. The summed E-state index contributed by atoms with van der Waals surface area (Å²) in [5.41, 5.74) is 2.43.